The van der Waals surface area contributed by atoms with Crippen molar-refractivity contribution < 1.29 is 4.79 Å². The van der Waals surface area contributed by atoms with E-state index in [2.05, 4.69) is 56.5 Å². The molecule has 0 aliphatic carbocycles. The van der Waals surface area contributed by atoms with Crippen LogP contribution in [0, 0.1) is 0 Å². The van der Waals surface area contributed by atoms with Crippen molar-refractivity contribution in [3.8, 4) is 0 Å². The molecule has 0 spiro atoms. The van der Waals surface area contributed by atoms with E-state index in [0.717, 1.165) is 41.8 Å². The third kappa shape index (κ3) is 5.86. The normalized spacial score (nSPS) is 17.0. The summed E-state index contributed by atoms with van der Waals surface area (Å²) in [7, 11) is 0. The Bertz CT molecular complexity index is 700. The fourth-order valence-electron chi connectivity index (χ4n) is 3.17. The molecule has 0 aromatic heterocycles. The number of benzene rings is 2. The van der Waals surface area contributed by atoms with Crippen molar-refractivity contribution in [2.75, 3.05) is 13.1 Å². The fraction of sp³-hybridized carbons (Fsp3) is 0.381. The van der Waals surface area contributed by atoms with Crippen LogP contribution in [0.4, 0.5) is 0 Å². The van der Waals surface area contributed by atoms with Crippen LogP contribution in [-0.2, 0) is 11.3 Å². The number of amides is 1. The van der Waals surface area contributed by atoms with Crippen LogP contribution in [0.3, 0.4) is 0 Å². The maximum atomic E-state index is 12.5. The maximum Gasteiger partial charge on any atom is 0.233 e. The number of thioether (sulfide) groups is 1. The van der Waals surface area contributed by atoms with Crippen molar-refractivity contribution in [1.29, 1.82) is 0 Å². The van der Waals surface area contributed by atoms with E-state index in [1.165, 1.54) is 5.56 Å². The molecule has 1 aliphatic heterocycles. The van der Waals surface area contributed by atoms with Gasteiger partial charge in [0, 0.05) is 35.0 Å². The summed E-state index contributed by atoms with van der Waals surface area (Å²) in [6.07, 6.45) is 2.04. The first-order valence-corrected chi connectivity index (χ1v) is 10.8. The molecule has 1 fully saturated rings. The zero-order valence-electron chi connectivity index (χ0n) is 15.0. The second-order valence-electron chi connectivity index (χ2n) is 6.76. The number of rotatable bonds is 6. The lowest BCUT2D eigenvalue weighted by Gasteiger charge is -2.32. The summed E-state index contributed by atoms with van der Waals surface area (Å²) in [6, 6.07) is 19.0. The van der Waals surface area contributed by atoms with Gasteiger partial charge in [-0.3, -0.25) is 9.69 Å². The molecule has 2 aromatic carbocycles. The van der Waals surface area contributed by atoms with E-state index in [-0.39, 0.29) is 11.2 Å². The molecule has 3 rings (SSSR count). The lowest BCUT2D eigenvalue weighted by molar-refractivity contribution is -0.121. The van der Waals surface area contributed by atoms with Gasteiger partial charge in [0.15, 0.2) is 0 Å². The van der Waals surface area contributed by atoms with Crippen molar-refractivity contribution in [3.05, 3.63) is 64.6 Å². The molecule has 26 heavy (non-hydrogen) atoms. The Kier molecular flexibility index (Phi) is 7.17. The van der Waals surface area contributed by atoms with Crippen molar-refractivity contribution in [2.24, 2.45) is 0 Å². The van der Waals surface area contributed by atoms with Crippen molar-refractivity contribution >= 4 is 33.6 Å². The number of carbonyl (C=O) groups excluding carboxylic acids is 1. The average Bonchev–Trinajstić information content (AvgIpc) is 2.66. The molecule has 0 radical (unpaired) electrons. The van der Waals surface area contributed by atoms with Gasteiger partial charge in [0.1, 0.15) is 0 Å². The second-order valence-corrected chi connectivity index (χ2v) is 9.09. The Morgan fingerprint density at radius 2 is 1.81 bits per heavy atom. The molecule has 1 heterocycles. The number of likely N-dealkylation sites (tertiary alicyclic amines) is 1. The van der Waals surface area contributed by atoms with Gasteiger partial charge in [-0.2, -0.15) is 0 Å². The molecule has 0 saturated carbocycles. The van der Waals surface area contributed by atoms with E-state index in [1.54, 1.807) is 11.8 Å². The summed E-state index contributed by atoms with van der Waals surface area (Å²) < 4.78 is 1.06. The minimum atomic E-state index is -0.0847. The number of nitrogens with zero attached hydrogens (tertiary/aromatic N) is 1. The van der Waals surface area contributed by atoms with Crippen molar-refractivity contribution in [1.82, 2.24) is 10.2 Å². The lowest BCUT2D eigenvalue weighted by atomic mass is 10.0. The zero-order chi connectivity index (χ0) is 18.4. The van der Waals surface area contributed by atoms with Crippen molar-refractivity contribution in [3.63, 3.8) is 0 Å². The fourth-order valence-corrected chi connectivity index (χ4v) is 4.31. The number of carbonyl (C=O) groups is 1. The second kappa shape index (κ2) is 9.58. The first-order chi connectivity index (χ1) is 12.6. The van der Waals surface area contributed by atoms with Crippen LogP contribution in [0.25, 0.3) is 0 Å². The number of hydrogen-bond donors (Lipinski definition) is 1. The van der Waals surface area contributed by atoms with Crippen LogP contribution >= 0.6 is 27.7 Å². The van der Waals surface area contributed by atoms with Gasteiger partial charge in [-0.1, -0.05) is 46.3 Å². The van der Waals surface area contributed by atoms with Crippen LogP contribution in [0.5, 0.6) is 0 Å². The van der Waals surface area contributed by atoms with Crippen LogP contribution in [0.15, 0.2) is 64.0 Å². The SMILES string of the molecule is CC(Sc1ccc(Br)cc1)C(=O)NC1CCN(Cc2ccccc2)CC1. The molecular weight excluding hydrogens is 408 g/mol. The van der Waals surface area contributed by atoms with Gasteiger partial charge >= 0.3 is 0 Å². The highest BCUT2D eigenvalue weighted by Gasteiger charge is 2.23. The molecule has 1 atom stereocenters. The zero-order valence-corrected chi connectivity index (χ0v) is 17.4. The Morgan fingerprint density at radius 3 is 2.46 bits per heavy atom. The van der Waals surface area contributed by atoms with Crippen LogP contribution in [0.1, 0.15) is 25.3 Å². The maximum absolute atomic E-state index is 12.5. The van der Waals surface area contributed by atoms with Gasteiger partial charge in [0.25, 0.3) is 0 Å². The first kappa shape index (κ1) is 19.5. The molecule has 0 bridgehead atoms. The van der Waals surface area contributed by atoms with E-state index in [4.69, 9.17) is 0 Å². The van der Waals surface area contributed by atoms with Crippen molar-refractivity contribution in [2.45, 2.75) is 42.5 Å². The average molecular weight is 433 g/mol. The van der Waals surface area contributed by atoms with Gasteiger partial charge in [-0.15, -0.1) is 11.8 Å². The third-order valence-electron chi connectivity index (χ3n) is 4.68. The molecule has 1 N–H and O–H groups in total. The van der Waals surface area contributed by atoms with Crippen LogP contribution in [0.2, 0.25) is 0 Å². The molecule has 138 valence electrons. The highest BCUT2D eigenvalue weighted by molar-refractivity contribution is 9.10. The summed E-state index contributed by atoms with van der Waals surface area (Å²) >= 11 is 5.05. The van der Waals surface area contributed by atoms with Gasteiger partial charge in [0.05, 0.1) is 5.25 Å². The summed E-state index contributed by atoms with van der Waals surface area (Å²) in [5.74, 6) is 0.138. The molecule has 3 nitrogen and oxygen atoms in total. The highest BCUT2D eigenvalue weighted by atomic mass is 79.9. The van der Waals surface area contributed by atoms with E-state index in [9.17, 15) is 4.79 Å². The van der Waals surface area contributed by atoms with E-state index < -0.39 is 0 Å². The molecule has 1 amide bonds. The summed E-state index contributed by atoms with van der Waals surface area (Å²) in [4.78, 5) is 16.1. The number of halogens is 1. The standard InChI is InChI=1S/C21H25BrN2OS/c1-16(26-20-9-7-18(22)8-10-20)21(25)23-19-11-13-24(14-12-19)15-17-5-3-2-4-6-17/h2-10,16,19H,11-15H2,1H3,(H,23,25). The Labute approximate surface area is 168 Å². The number of piperidine rings is 1. The molecular formula is C21H25BrN2OS. The molecule has 1 aliphatic rings. The monoisotopic (exact) mass is 432 g/mol. The first-order valence-electron chi connectivity index (χ1n) is 9.09. The van der Waals surface area contributed by atoms with Crippen LogP contribution < -0.4 is 5.32 Å². The van der Waals surface area contributed by atoms with Crippen LogP contribution in [-0.4, -0.2) is 35.2 Å². The smallest absolute Gasteiger partial charge is 0.233 e. The number of hydrogen-bond acceptors (Lipinski definition) is 3. The summed E-state index contributed by atoms with van der Waals surface area (Å²) in [6.45, 7) is 5.05. The van der Waals surface area contributed by atoms with Gasteiger partial charge in [0.2, 0.25) is 5.91 Å². The summed E-state index contributed by atoms with van der Waals surface area (Å²) in [5.41, 5.74) is 1.36. The topological polar surface area (TPSA) is 32.3 Å². The van der Waals surface area contributed by atoms with Gasteiger partial charge < -0.3 is 5.32 Å². The molecule has 2 aromatic rings. The lowest BCUT2D eigenvalue weighted by Crippen LogP contribution is -2.46. The largest absolute Gasteiger partial charge is 0.352 e. The van der Waals surface area contributed by atoms with E-state index >= 15 is 0 Å². The summed E-state index contributed by atoms with van der Waals surface area (Å²) in [5, 5.41) is 3.15. The van der Waals surface area contributed by atoms with Gasteiger partial charge in [-0.25, -0.2) is 0 Å². The number of nitrogens with one attached hydrogen (secondary N) is 1. The van der Waals surface area contributed by atoms with Gasteiger partial charge in [-0.05, 0) is 49.6 Å². The van der Waals surface area contributed by atoms with E-state index in [0.29, 0.717) is 6.04 Å². The predicted molar refractivity (Wildman–Crippen MR) is 112 cm³/mol. The quantitative estimate of drug-likeness (QED) is 0.670. The molecule has 5 heteroatoms. The minimum Gasteiger partial charge on any atom is -0.352 e. The molecule has 1 unspecified atom stereocenters. The predicted octanol–water partition coefficient (Wildman–Crippen LogP) is 4.71. The molecule has 1 saturated heterocycles. The highest BCUT2D eigenvalue weighted by Crippen LogP contribution is 2.25. The Balaban J connectivity index is 1.42. The Morgan fingerprint density at radius 1 is 1.15 bits per heavy atom. The Hall–Kier alpha value is -1.30. The minimum absolute atomic E-state index is 0.0847. The van der Waals surface area contributed by atoms with E-state index in [1.807, 2.05) is 31.2 Å². The third-order valence-corrected chi connectivity index (χ3v) is 6.32.